The Balaban J connectivity index is 0.975. The van der Waals surface area contributed by atoms with Crippen LogP contribution >= 0.6 is 0 Å². The molecule has 0 fully saturated rings. The maximum atomic E-state index is 6.42. The number of aromatic nitrogens is 4. The van der Waals surface area contributed by atoms with E-state index in [9.17, 15) is 0 Å². The van der Waals surface area contributed by atoms with Gasteiger partial charge in [0.25, 0.3) is 0 Å². The number of hydrogen-bond donors (Lipinski definition) is 0. The van der Waals surface area contributed by atoms with Gasteiger partial charge in [-0.1, -0.05) is 182 Å². The standard InChI is InChI=1S/C65H38N4O2/c1-2-15-39(16-3-1)63-66-64(45-31-33-51-49-23-8-10-29-56(49)71-59(51)38-45)68-65(67-63)69-61-46(27-14-28-54(61)60-52-25-6-4-21-47(52)48-22-5-7-26-53(48)62(60)69)44-20-13-19-42(36-44)40-17-12-18-41(35-40)43-32-34-58-55(37-43)50-24-9-11-30-57(50)70-58/h1-38H. The molecule has 15 rings (SSSR count). The summed E-state index contributed by atoms with van der Waals surface area (Å²) in [5.41, 5.74) is 13.9. The molecule has 0 unspecified atom stereocenters. The molecule has 6 nitrogen and oxygen atoms in total. The van der Waals surface area contributed by atoms with Crippen molar-refractivity contribution in [1.29, 1.82) is 0 Å². The molecule has 0 aliphatic heterocycles. The summed E-state index contributed by atoms with van der Waals surface area (Å²) in [6.07, 6.45) is 0. The van der Waals surface area contributed by atoms with Gasteiger partial charge < -0.3 is 8.83 Å². The molecule has 6 heteroatoms. The predicted molar refractivity (Wildman–Crippen MR) is 291 cm³/mol. The van der Waals surface area contributed by atoms with Crippen LogP contribution < -0.4 is 0 Å². The monoisotopic (exact) mass is 906 g/mol. The van der Waals surface area contributed by atoms with Gasteiger partial charge in [0.15, 0.2) is 11.6 Å². The Hall–Kier alpha value is -9.65. The van der Waals surface area contributed by atoms with E-state index in [0.29, 0.717) is 17.6 Å². The summed E-state index contributed by atoms with van der Waals surface area (Å²) in [6.45, 7) is 0. The highest BCUT2D eigenvalue weighted by atomic mass is 16.3. The van der Waals surface area contributed by atoms with Crippen LogP contribution in [-0.4, -0.2) is 19.5 Å². The van der Waals surface area contributed by atoms with E-state index in [2.05, 4.69) is 187 Å². The van der Waals surface area contributed by atoms with Gasteiger partial charge in [-0.25, -0.2) is 4.98 Å². The molecule has 0 saturated heterocycles. The Bertz CT molecular complexity index is 4660. The Morgan fingerprint density at radius 2 is 0.761 bits per heavy atom. The van der Waals surface area contributed by atoms with E-state index >= 15 is 0 Å². The topological polar surface area (TPSA) is 69.9 Å². The SMILES string of the molecule is c1ccc(-c2nc(-c3ccc4c(c3)oc3ccccc34)nc(-n3c4c(-c5cccc(-c6cccc(-c7ccc8oc9ccccc9c8c7)c6)c5)cccc4c4c5ccccc5c5ccccc5c43)n2)cc1. The molecule has 4 aromatic heterocycles. The van der Waals surface area contributed by atoms with Crippen molar-refractivity contribution in [2.75, 3.05) is 0 Å². The van der Waals surface area contributed by atoms with Crippen LogP contribution in [0.25, 0.3) is 149 Å². The van der Waals surface area contributed by atoms with Crippen molar-refractivity contribution in [3.05, 3.63) is 231 Å². The van der Waals surface area contributed by atoms with Gasteiger partial charge in [-0.3, -0.25) is 4.57 Å². The lowest BCUT2D eigenvalue weighted by Crippen LogP contribution is -2.07. The van der Waals surface area contributed by atoms with Crippen LogP contribution in [0.4, 0.5) is 0 Å². The second kappa shape index (κ2) is 15.4. The zero-order valence-electron chi connectivity index (χ0n) is 38.0. The lowest BCUT2D eigenvalue weighted by atomic mass is 9.94. The predicted octanol–water partition coefficient (Wildman–Crippen LogP) is 17.4. The van der Waals surface area contributed by atoms with E-state index in [0.717, 1.165) is 121 Å². The summed E-state index contributed by atoms with van der Waals surface area (Å²) in [5.74, 6) is 1.66. The highest BCUT2D eigenvalue weighted by Crippen LogP contribution is 2.46. The third kappa shape index (κ3) is 6.18. The highest BCUT2D eigenvalue weighted by molar-refractivity contribution is 6.33. The van der Waals surface area contributed by atoms with E-state index in [-0.39, 0.29) is 0 Å². The van der Waals surface area contributed by atoms with Crippen LogP contribution in [0.2, 0.25) is 0 Å². The molecule has 0 N–H and O–H groups in total. The first-order chi connectivity index (χ1) is 35.2. The van der Waals surface area contributed by atoms with E-state index in [4.69, 9.17) is 23.8 Å². The molecule has 0 amide bonds. The third-order valence-electron chi connectivity index (χ3n) is 14.2. The van der Waals surface area contributed by atoms with Gasteiger partial charge in [-0.05, 0) is 92.5 Å². The van der Waals surface area contributed by atoms with E-state index in [1.54, 1.807) is 0 Å². The fourth-order valence-corrected chi connectivity index (χ4v) is 11.0. The van der Waals surface area contributed by atoms with Crippen LogP contribution in [0.15, 0.2) is 239 Å². The summed E-state index contributed by atoms with van der Waals surface area (Å²) in [7, 11) is 0. The van der Waals surface area contributed by atoms with Gasteiger partial charge in [-0.2, -0.15) is 9.97 Å². The normalized spacial score (nSPS) is 11.9. The van der Waals surface area contributed by atoms with Gasteiger partial charge in [-0.15, -0.1) is 0 Å². The Morgan fingerprint density at radius 3 is 1.51 bits per heavy atom. The number of benzene rings is 11. The average Bonchev–Trinajstić information content (AvgIpc) is 4.13. The van der Waals surface area contributed by atoms with Crippen LogP contribution in [0.5, 0.6) is 0 Å². The van der Waals surface area contributed by atoms with Crippen molar-refractivity contribution in [1.82, 2.24) is 19.5 Å². The molecular formula is C65H38N4O2. The van der Waals surface area contributed by atoms with Crippen LogP contribution in [0.3, 0.4) is 0 Å². The zero-order valence-corrected chi connectivity index (χ0v) is 38.0. The molecule has 0 radical (unpaired) electrons. The smallest absolute Gasteiger partial charge is 0.238 e. The van der Waals surface area contributed by atoms with Crippen LogP contribution in [0.1, 0.15) is 0 Å². The number of furan rings is 2. The van der Waals surface area contributed by atoms with Gasteiger partial charge >= 0.3 is 0 Å². The highest BCUT2D eigenvalue weighted by Gasteiger charge is 2.25. The van der Waals surface area contributed by atoms with Gasteiger partial charge in [0.2, 0.25) is 5.95 Å². The largest absolute Gasteiger partial charge is 0.456 e. The van der Waals surface area contributed by atoms with Crippen LogP contribution in [-0.2, 0) is 0 Å². The average molecular weight is 907 g/mol. The second-order valence-corrected chi connectivity index (χ2v) is 18.3. The molecule has 0 bridgehead atoms. The number of fused-ring (bicyclic) bond motifs is 14. The van der Waals surface area contributed by atoms with Crippen molar-refractivity contribution in [2.24, 2.45) is 0 Å². The van der Waals surface area contributed by atoms with Gasteiger partial charge in [0, 0.05) is 54.4 Å². The van der Waals surface area contributed by atoms with Crippen molar-refractivity contribution in [3.8, 4) is 62.1 Å². The molecular weight excluding hydrogens is 869 g/mol. The maximum absolute atomic E-state index is 6.42. The Kier molecular flexibility index (Phi) is 8.56. The fourth-order valence-electron chi connectivity index (χ4n) is 11.0. The second-order valence-electron chi connectivity index (χ2n) is 18.3. The molecule has 11 aromatic carbocycles. The van der Waals surface area contributed by atoms with E-state index in [1.165, 1.54) is 10.8 Å². The minimum absolute atomic E-state index is 0.526. The summed E-state index contributed by atoms with van der Waals surface area (Å²) >= 11 is 0. The number of hydrogen-bond acceptors (Lipinski definition) is 5. The van der Waals surface area contributed by atoms with Gasteiger partial charge in [0.05, 0.1) is 11.0 Å². The molecule has 15 aromatic rings. The molecule has 71 heavy (non-hydrogen) atoms. The molecule has 0 saturated carbocycles. The first kappa shape index (κ1) is 39.4. The third-order valence-corrected chi connectivity index (χ3v) is 14.2. The summed E-state index contributed by atoms with van der Waals surface area (Å²) in [6, 6.07) is 81.2. The Labute approximate surface area is 406 Å². The molecule has 0 atom stereocenters. The lowest BCUT2D eigenvalue weighted by Gasteiger charge is -2.15. The number of rotatable bonds is 6. The van der Waals surface area contributed by atoms with E-state index < -0.39 is 0 Å². The quantitative estimate of drug-likeness (QED) is 0.155. The van der Waals surface area contributed by atoms with Crippen molar-refractivity contribution in [3.63, 3.8) is 0 Å². The molecule has 0 aliphatic rings. The molecule has 0 spiro atoms. The number of nitrogens with zero attached hydrogens (tertiary/aromatic N) is 4. The van der Waals surface area contributed by atoms with Crippen molar-refractivity contribution in [2.45, 2.75) is 0 Å². The minimum atomic E-state index is 0.526. The number of para-hydroxylation sites is 3. The summed E-state index contributed by atoms with van der Waals surface area (Å²) in [4.78, 5) is 16.1. The first-order valence-electron chi connectivity index (χ1n) is 23.9. The molecule has 0 aliphatic carbocycles. The maximum Gasteiger partial charge on any atom is 0.238 e. The van der Waals surface area contributed by atoms with Crippen molar-refractivity contribution < 1.29 is 8.83 Å². The first-order valence-corrected chi connectivity index (χ1v) is 23.9. The minimum Gasteiger partial charge on any atom is -0.456 e. The fraction of sp³-hybridized carbons (Fsp3) is 0. The molecule has 4 heterocycles. The van der Waals surface area contributed by atoms with E-state index in [1.807, 2.05) is 48.5 Å². The summed E-state index contributed by atoms with van der Waals surface area (Å²) in [5, 5.41) is 11.3. The summed E-state index contributed by atoms with van der Waals surface area (Å²) < 4.78 is 14.9. The van der Waals surface area contributed by atoms with Crippen LogP contribution in [0, 0.1) is 0 Å². The zero-order chi connectivity index (χ0) is 46.6. The lowest BCUT2D eigenvalue weighted by molar-refractivity contribution is 0.668. The van der Waals surface area contributed by atoms with Gasteiger partial charge in [0.1, 0.15) is 22.3 Å². The van der Waals surface area contributed by atoms with Crippen molar-refractivity contribution >= 4 is 87.2 Å². The Morgan fingerprint density at radius 1 is 0.268 bits per heavy atom. The molecule has 330 valence electrons.